The van der Waals surface area contributed by atoms with Gasteiger partial charge in [-0.3, -0.25) is 0 Å². The average molecular weight is 425 g/mol. The molecule has 0 amide bonds. The number of aryl methyl sites for hydroxylation is 1. The Hall–Kier alpha value is -1.04. The monoisotopic (exact) mass is 424 g/mol. The summed E-state index contributed by atoms with van der Waals surface area (Å²) in [5.41, 5.74) is 10.6. The number of aromatic amines is 1. The maximum Gasteiger partial charge on any atom is 0.0497 e. The molecule has 3 rings (SSSR count). The van der Waals surface area contributed by atoms with Gasteiger partial charge in [-0.1, -0.05) is 23.7 Å². The third kappa shape index (κ3) is 3.31. The van der Waals surface area contributed by atoms with Gasteiger partial charge >= 0.3 is 0 Å². The number of nitrogens with two attached hydrogens (primary N) is 1. The molecule has 3 N–H and O–H groups in total. The molecule has 114 valence electrons. The van der Waals surface area contributed by atoms with Crippen LogP contribution in [0.5, 0.6) is 0 Å². The maximum atomic E-state index is 6.20. The van der Waals surface area contributed by atoms with Gasteiger partial charge in [-0.05, 0) is 89.9 Å². The van der Waals surface area contributed by atoms with E-state index in [9.17, 15) is 0 Å². The lowest BCUT2D eigenvalue weighted by Crippen LogP contribution is -1.99. The molecule has 0 radical (unpaired) electrons. The molecular weight excluding hydrogens is 407 g/mol. The van der Waals surface area contributed by atoms with Crippen LogP contribution in [0.15, 0.2) is 42.5 Å². The van der Waals surface area contributed by atoms with Crippen molar-refractivity contribution in [1.29, 1.82) is 0 Å². The van der Waals surface area contributed by atoms with E-state index in [2.05, 4.69) is 64.0 Å². The molecule has 0 aliphatic rings. The number of benzene rings is 2. The van der Waals surface area contributed by atoms with E-state index in [1.54, 1.807) is 0 Å². The first-order valence-electron chi connectivity index (χ1n) is 7.45. The molecule has 22 heavy (non-hydrogen) atoms. The van der Waals surface area contributed by atoms with Gasteiger partial charge in [0.1, 0.15) is 0 Å². The SMILES string of the molecule is NCCCCc1c(-c2cccc(I)c2)[nH]c2ccc(Cl)cc12. The van der Waals surface area contributed by atoms with E-state index in [1.165, 1.54) is 25.8 Å². The van der Waals surface area contributed by atoms with Crippen LogP contribution in [0.1, 0.15) is 18.4 Å². The highest BCUT2D eigenvalue weighted by Gasteiger charge is 2.13. The van der Waals surface area contributed by atoms with Crippen molar-refractivity contribution in [2.24, 2.45) is 5.73 Å². The fraction of sp³-hybridized carbons (Fsp3) is 0.222. The number of nitrogens with one attached hydrogen (secondary N) is 1. The molecule has 0 spiro atoms. The largest absolute Gasteiger partial charge is 0.354 e. The highest BCUT2D eigenvalue weighted by atomic mass is 127. The van der Waals surface area contributed by atoms with Crippen molar-refractivity contribution in [3.63, 3.8) is 0 Å². The number of hydrogen-bond donors (Lipinski definition) is 2. The number of unbranched alkanes of at least 4 members (excludes halogenated alkanes) is 1. The molecule has 3 aromatic rings. The maximum absolute atomic E-state index is 6.20. The van der Waals surface area contributed by atoms with Gasteiger partial charge in [-0.2, -0.15) is 0 Å². The molecule has 0 fully saturated rings. The van der Waals surface area contributed by atoms with Crippen LogP contribution in [0.2, 0.25) is 5.02 Å². The van der Waals surface area contributed by atoms with Crippen LogP contribution in [-0.4, -0.2) is 11.5 Å². The Morgan fingerprint density at radius 3 is 2.73 bits per heavy atom. The summed E-state index contributed by atoms with van der Waals surface area (Å²) in [6.07, 6.45) is 3.14. The molecule has 0 bridgehead atoms. The van der Waals surface area contributed by atoms with E-state index in [4.69, 9.17) is 17.3 Å². The Bertz CT molecular complexity index is 795. The summed E-state index contributed by atoms with van der Waals surface area (Å²) in [6.45, 7) is 0.738. The van der Waals surface area contributed by atoms with Crippen molar-refractivity contribution in [3.8, 4) is 11.3 Å². The van der Waals surface area contributed by atoms with Crippen LogP contribution in [-0.2, 0) is 6.42 Å². The zero-order chi connectivity index (χ0) is 15.5. The minimum atomic E-state index is 0.738. The highest BCUT2D eigenvalue weighted by molar-refractivity contribution is 14.1. The van der Waals surface area contributed by atoms with Crippen LogP contribution >= 0.6 is 34.2 Å². The third-order valence-electron chi connectivity index (χ3n) is 3.86. The Morgan fingerprint density at radius 1 is 1.09 bits per heavy atom. The summed E-state index contributed by atoms with van der Waals surface area (Å²) in [5, 5.41) is 2.00. The third-order valence-corrected chi connectivity index (χ3v) is 4.77. The van der Waals surface area contributed by atoms with Crippen LogP contribution in [0.4, 0.5) is 0 Å². The van der Waals surface area contributed by atoms with E-state index in [-0.39, 0.29) is 0 Å². The summed E-state index contributed by atoms with van der Waals surface area (Å²) < 4.78 is 1.24. The van der Waals surface area contributed by atoms with Gasteiger partial charge in [0.2, 0.25) is 0 Å². The molecule has 1 aromatic heterocycles. The Kier molecular flexibility index (Phi) is 5.06. The van der Waals surface area contributed by atoms with Gasteiger partial charge in [0.25, 0.3) is 0 Å². The van der Waals surface area contributed by atoms with Crippen molar-refractivity contribution in [2.75, 3.05) is 6.54 Å². The van der Waals surface area contributed by atoms with Crippen molar-refractivity contribution in [2.45, 2.75) is 19.3 Å². The van der Waals surface area contributed by atoms with Crippen LogP contribution in [0.25, 0.3) is 22.2 Å². The number of rotatable bonds is 5. The number of aromatic nitrogens is 1. The van der Waals surface area contributed by atoms with Gasteiger partial charge in [0, 0.05) is 25.2 Å². The van der Waals surface area contributed by atoms with Gasteiger partial charge in [-0.15, -0.1) is 0 Å². The van der Waals surface area contributed by atoms with E-state index in [0.717, 1.165) is 36.3 Å². The van der Waals surface area contributed by atoms with E-state index >= 15 is 0 Å². The van der Waals surface area contributed by atoms with E-state index in [0.29, 0.717) is 0 Å². The topological polar surface area (TPSA) is 41.8 Å². The standard InChI is InChI=1S/C18H18ClIN2/c19-13-7-8-17-16(11-13)15(6-1-2-9-21)18(22-17)12-4-3-5-14(20)10-12/h3-5,7-8,10-11,22H,1-2,6,9,21H2. The Labute approximate surface area is 149 Å². The predicted molar refractivity (Wildman–Crippen MR) is 103 cm³/mol. The van der Waals surface area contributed by atoms with Crippen LogP contribution in [0, 0.1) is 3.57 Å². The Morgan fingerprint density at radius 2 is 1.95 bits per heavy atom. The summed E-state index contributed by atoms with van der Waals surface area (Å²) >= 11 is 8.55. The van der Waals surface area contributed by atoms with Gasteiger partial charge in [0.05, 0.1) is 0 Å². The Balaban J connectivity index is 2.13. The molecule has 0 saturated carbocycles. The predicted octanol–water partition coefficient (Wildman–Crippen LogP) is 5.37. The number of fused-ring (bicyclic) bond motifs is 1. The molecule has 0 aliphatic carbocycles. The van der Waals surface area contributed by atoms with E-state index < -0.39 is 0 Å². The zero-order valence-electron chi connectivity index (χ0n) is 12.2. The molecule has 2 nitrogen and oxygen atoms in total. The number of H-pyrrole nitrogens is 1. The molecule has 0 aliphatic heterocycles. The normalized spacial score (nSPS) is 11.2. The van der Waals surface area contributed by atoms with Gasteiger partial charge in [0.15, 0.2) is 0 Å². The lowest BCUT2D eigenvalue weighted by Gasteiger charge is -2.06. The molecule has 0 saturated heterocycles. The van der Waals surface area contributed by atoms with Crippen molar-refractivity contribution in [3.05, 3.63) is 56.6 Å². The molecule has 2 aromatic carbocycles. The smallest absolute Gasteiger partial charge is 0.0497 e. The summed E-state index contributed by atoms with van der Waals surface area (Å²) in [6, 6.07) is 14.6. The van der Waals surface area contributed by atoms with Crippen molar-refractivity contribution < 1.29 is 0 Å². The lowest BCUT2D eigenvalue weighted by molar-refractivity contribution is 0.748. The minimum Gasteiger partial charge on any atom is -0.354 e. The molecular formula is C18H18ClIN2. The van der Waals surface area contributed by atoms with E-state index in [1.807, 2.05) is 6.07 Å². The van der Waals surface area contributed by atoms with Gasteiger partial charge in [-0.25, -0.2) is 0 Å². The van der Waals surface area contributed by atoms with Gasteiger partial charge < -0.3 is 10.7 Å². The number of halogens is 2. The quantitative estimate of drug-likeness (QED) is 0.419. The number of hydrogen-bond acceptors (Lipinski definition) is 1. The summed E-state index contributed by atoms with van der Waals surface area (Å²) in [4.78, 5) is 3.57. The second-order valence-corrected chi connectivity index (χ2v) is 7.11. The molecule has 1 heterocycles. The van der Waals surface area contributed by atoms with Crippen molar-refractivity contribution >= 4 is 45.1 Å². The van der Waals surface area contributed by atoms with Crippen LogP contribution in [0.3, 0.4) is 0 Å². The fourth-order valence-corrected chi connectivity index (χ4v) is 3.53. The second kappa shape index (κ2) is 7.02. The average Bonchev–Trinajstić information content (AvgIpc) is 2.86. The summed E-state index contributed by atoms with van der Waals surface area (Å²) in [7, 11) is 0. The lowest BCUT2D eigenvalue weighted by atomic mass is 10.0. The fourth-order valence-electron chi connectivity index (χ4n) is 2.82. The second-order valence-electron chi connectivity index (χ2n) is 5.42. The van der Waals surface area contributed by atoms with Crippen molar-refractivity contribution in [1.82, 2.24) is 4.98 Å². The van der Waals surface area contributed by atoms with Crippen LogP contribution < -0.4 is 5.73 Å². The first-order chi connectivity index (χ1) is 10.7. The summed E-state index contributed by atoms with van der Waals surface area (Å²) in [5.74, 6) is 0. The zero-order valence-corrected chi connectivity index (χ0v) is 15.1. The molecule has 0 atom stereocenters. The first-order valence-corrected chi connectivity index (χ1v) is 8.91. The highest BCUT2D eigenvalue weighted by Crippen LogP contribution is 2.33. The molecule has 4 heteroatoms. The molecule has 0 unspecified atom stereocenters. The first kappa shape index (κ1) is 15.8. The minimum absolute atomic E-state index is 0.738.